The second-order valence-electron chi connectivity index (χ2n) is 7.22. The van der Waals surface area contributed by atoms with Crippen LogP contribution in [-0.2, 0) is 32.6 Å². The van der Waals surface area contributed by atoms with Crippen LogP contribution in [0.4, 0.5) is 5.82 Å². The minimum Gasteiger partial charge on any atom is -0.497 e. The molecule has 1 aliphatic heterocycles. The summed E-state index contributed by atoms with van der Waals surface area (Å²) in [5, 5.41) is 7.35. The van der Waals surface area contributed by atoms with Crippen LogP contribution in [0.3, 0.4) is 0 Å². The van der Waals surface area contributed by atoms with E-state index in [1.807, 2.05) is 31.2 Å². The van der Waals surface area contributed by atoms with E-state index >= 15 is 0 Å². The van der Waals surface area contributed by atoms with Crippen LogP contribution in [0.2, 0.25) is 0 Å². The predicted octanol–water partition coefficient (Wildman–Crippen LogP) is 2.89. The molecule has 1 amide bonds. The number of rotatable bonds is 7. The molecule has 0 atom stereocenters. The summed E-state index contributed by atoms with van der Waals surface area (Å²) in [6, 6.07) is 14.5. The van der Waals surface area contributed by atoms with Crippen LogP contribution in [0.25, 0.3) is 5.69 Å². The van der Waals surface area contributed by atoms with Crippen molar-refractivity contribution in [2.24, 2.45) is 0 Å². The fraction of sp³-hybridized carbons (Fsp3) is 0.273. The van der Waals surface area contributed by atoms with E-state index in [4.69, 9.17) is 9.47 Å². The Bertz CT molecular complexity index is 1200. The van der Waals surface area contributed by atoms with Gasteiger partial charge in [-0.15, -0.1) is 0 Å². The highest BCUT2D eigenvalue weighted by atomic mass is 32.2. The number of carbonyl (C=O) groups is 1. The Morgan fingerprint density at radius 1 is 1.06 bits per heavy atom. The molecule has 0 spiro atoms. The first-order valence-electron chi connectivity index (χ1n) is 9.85. The molecule has 8 nitrogen and oxygen atoms in total. The van der Waals surface area contributed by atoms with Crippen LogP contribution in [0.15, 0.2) is 48.5 Å². The first-order chi connectivity index (χ1) is 14.9. The average Bonchev–Trinajstić information content (AvgIpc) is 3.22. The van der Waals surface area contributed by atoms with Crippen LogP contribution < -0.4 is 14.8 Å². The molecule has 2 aromatic carbocycles. The number of benzene rings is 2. The average molecular weight is 442 g/mol. The molecule has 2 heterocycles. The Hall–Kier alpha value is -3.33. The number of hydrogen-bond donors (Lipinski definition) is 1. The number of carbonyl (C=O) groups excluding carboxylic acids is 1. The van der Waals surface area contributed by atoms with Crippen LogP contribution in [0.5, 0.6) is 11.5 Å². The van der Waals surface area contributed by atoms with Crippen molar-refractivity contribution in [3.8, 4) is 17.2 Å². The number of anilines is 1. The van der Waals surface area contributed by atoms with E-state index in [2.05, 4.69) is 10.4 Å². The van der Waals surface area contributed by atoms with E-state index in [0.29, 0.717) is 35.1 Å². The van der Waals surface area contributed by atoms with Crippen molar-refractivity contribution in [3.05, 3.63) is 65.4 Å². The van der Waals surface area contributed by atoms with E-state index in [-0.39, 0.29) is 23.8 Å². The van der Waals surface area contributed by atoms with Crippen LogP contribution in [0, 0.1) is 0 Å². The number of ether oxygens (including phenoxy) is 2. The fourth-order valence-corrected chi connectivity index (χ4v) is 5.01. The largest absolute Gasteiger partial charge is 0.497 e. The normalized spacial score (nSPS) is 14.1. The van der Waals surface area contributed by atoms with E-state index in [1.165, 1.54) is 0 Å². The lowest BCUT2D eigenvalue weighted by atomic mass is 10.1. The van der Waals surface area contributed by atoms with Gasteiger partial charge in [-0.05, 0) is 48.9 Å². The number of methoxy groups -OCH3 is 1. The van der Waals surface area contributed by atoms with Crippen molar-refractivity contribution in [2.45, 2.75) is 24.9 Å². The third-order valence-electron chi connectivity index (χ3n) is 4.96. The maximum Gasteiger partial charge on any atom is 0.229 e. The van der Waals surface area contributed by atoms with Crippen LogP contribution in [0.1, 0.15) is 23.7 Å². The zero-order chi connectivity index (χ0) is 22.0. The summed E-state index contributed by atoms with van der Waals surface area (Å²) < 4.78 is 36.4. The number of sulfone groups is 1. The minimum absolute atomic E-state index is 0.132. The molecule has 162 valence electrons. The molecule has 0 saturated heterocycles. The lowest BCUT2D eigenvalue weighted by Gasteiger charge is -2.12. The second kappa shape index (κ2) is 8.43. The second-order valence-corrected chi connectivity index (χ2v) is 9.28. The quantitative estimate of drug-likeness (QED) is 0.605. The molecular formula is C22H23N3O5S. The summed E-state index contributed by atoms with van der Waals surface area (Å²) in [4.78, 5) is 12.8. The molecule has 4 rings (SSSR count). The molecule has 0 aliphatic carbocycles. The molecule has 9 heteroatoms. The van der Waals surface area contributed by atoms with Gasteiger partial charge < -0.3 is 14.8 Å². The first-order valence-corrected chi connectivity index (χ1v) is 11.7. The van der Waals surface area contributed by atoms with Gasteiger partial charge in [-0.3, -0.25) is 4.79 Å². The van der Waals surface area contributed by atoms with Gasteiger partial charge in [0.25, 0.3) is 0 Å². The van der Waals surface area contributed by atoms with Crippen molar-refractivity contribution in [2.75, 3.05) is 19.0 Å². The molecule has 3 aromatic rings. The van der Waals surface area contributed by atoms with Crippen molar-refractivity contribution >= 4 is 21.6 Å². The standard InChI is InChI=1S/C22H23N3O5S/c1-3-30-18-8-4-15(5-9-18)12-21(26)23-22-19-13-31(27,28)14-20(19)24-25(22)16-6-10-17(29-2)11-7-16/h4-11H,3,12-14H2,1-2H3,(H,23,26). The highest BCUT2D eigenvalue weighted by Crippen LogP contribution is 2.33. The SMILES string of the molecule is CCOc1ccc(CC(=O)Nc2c3c(nn2-c2ccc(OC)cc2)CS(=O)(=O)C3)cc1. The maximum atomic E-state index is 12.8. The summed E-state index contributed by atoms with van der Waals surface area (Å²) >= 11 is 0. The molecule has 0 saturated carbocycles. The number of amides is 1. The monoisotopic (exact) mass is 441 g/mol. The minimum atomic E-state index is -3.26. The van der Waals surface area contributed by atoms with E-state index in [9.17, 15) is 13.2 Å². The van der Waals surface area contributed by atoms with Gasteiger partial charge in [0, 0.05) is 5.56 Å². The number of nitrogens with zero attached hydrogens (tertiary/aromatic N) is 2. The van der Waals surface area contributed by atoms with Gasteiger partial charge >= 0.3 is 0 Å². The number of hydrogen-bond acceptors (Lipinski definition) is 6. The van der Waals surface area contributed by atoms with Crippen LogP contribution >= 0.6 is 0 Å². The fourth-order valence-electron chi connectivity index (χ4n) is 3.51. The highest BCUT2D eigenvalue weighted by molar-refractivity contribution is 7.90. The molecule has 1 aliphatic rings. The van der Waals surface area contributed by atoms with Crippen molar-refractivity contribution in [1.29, 1.82) is 0 Å². The summed E-state index contributed by atoms with van der Waals surface area (Å²) in [7, 11) is -1.68. The lowest BCUT2D eigenvalue weighted by molar-refractivity contribution is -0.115. The zero-order valence-corrected chi connectivity index (χ0v) is 18.1. The van der Waals surface area contributed by atoms with E-state index in [1.54, 1.807) is 36.1 Å². The lowest BCUT2D eigenvalue weighted by Crippen LogP contribution is -2.18. The Kier molecular flexibility index (Phi) is 5.69. The topological polar surface area (TPSA) is 99.5 Å². The molecule has 0 radical (unpaired) electrons. The third kappa shape index (κ3) is 4.56. The maximum absolute atomic E-state index is 12.8. The van der Waals surface area contributed by atoms with Gasteiger partial charge in [0.15, 0.2) is 9.84 Å². The number of nitrogens with one attached hydrogen (secondary N) is 1. The van der Waals surface area contributed by atoms with Crippen molar-refractivity contribution in [3.63, 3.8) is 0 Å². The number of fused-ring (bicyclic) bond motifs is 1. The van der Waals surface area contributed by atoms with Gasteiger partial charge in [0.2, 0.25) is 5.91 Å². The van der Waals surface area contributed by atoms with Crippen molar-refractivity contribution < 1.29 is 22.7 Å². The summed E-state index contributed by atoms with van der Waals surface area (Å²) in [5.41, 5.74) is 2.52. The van der Waals surface area contributed by atoms with Gasteiger partial charge in [-0.25, -0.2) is 13.1 Å². The van der Waals surface area contributed by atoms with Crippen molar-refractivity contribution in [1.82, 2.24) is 9.78 Å². The Morgan fingerprint density at radius 2 is 1.74 bits per heavy atom. The molecule has 0 fully saturated rings. The molecule has 1 aromatic heterocycles. The van der Waals surface area contributed by atoms with Crippen LogP contribution in [-0.4, -0.2) is 37.8 Å². The molecule has 1 N–H and O–H groups in total. The zero-order valence-electron chi connectivity index (χ0n) is 17.3. The smallest absolute Gasteiger partial charge is 0.229 e. The third-order valence-corrected chi connectivity index (χ3v) is 6.40. The Balaban J connectivity index is 1.60. The molecule has 31 heavy (non-hydrogen) atoms. The van der Waals surface area contributed by atoms with Gasteiger partial charge in [0.05, 0.1) is 43.0 Å². The summed E-state index contributed by atoms with van der Waals surface area (Å²) in [6.07, 6.45) is 0.141. The summed E-state index contributed by atoms with van der Waals surface area (Å²) in [5.74, 6) is 1.28. The predicted molar refractivity (Wildman–Crippen MR) is 116 cm³/mol. The van der Waals surface area contributed by atoms with E-state index in [0.717, 1.165) is 11.3 Å². The Labute approximate surface area is 180 Å². The Morgan fingerprint density at radius 3 is 2.39 bits per heavy atom. The summed E-state index contributed by atoms with van der Waals surface area (Å²) in [6.45, 7) is 2.48. The molecular weight excluding hydrogens is 418 g/mol. The highest BCUT2D eigenvalue weighted by Gasteiger charge is 2.33. The molecule has 0 unspecified atom stereocenters. The van der Waals surface area contributed by atoms with Gasteiger partial charge in [-0.2, -0.15) is 5.10 Å². The number of aromatic nitrogens is 2. The molecule has 0 bridgehead atoms. The van der Waals surface area contributed by atoms with Gasteiger partial charge in [-0.1, -0.05) is 12.1 Å². The first kappa shape index (κ1) is 20.9. The van der Waals surface area contributed by atoms with E-state index < -0.39 is 9.84 Å². The van der Waals surface area contributed by atoms with Gasteiger partial charge in [0.1, 0.15) is 17.3 Å².